The van der Waals surface area contributed by atoms with Crippen molar-refractivity contribution < 1.29 is 51.0 Å². The van der Waals surface area contributed by atoms with Gasteiger partial charge in [0.25, 0.3) is 5.91 Å². The number of imide groups is 2. The summed E-state index contributed by atoms with van der Waals surface area (Å²) < 4.78 is 76.2. The van der Waals surface area contributed by atoms with E-state index in [9.17, 15) is 51.0 Å². The number of carbonyl (C=O) groups excluding carboxylic acids is 3. The van der Waals surface area contributed by atoms with Gasteiger partial charge in [-0.2, -0.15) is 26.3 Å². The van der Waals surface area contributed by atoms with Crippen molar-refractivity contribution in [2.24, 2.45) is 11.8 Å². The minimum absolute atomic E-state index is 0.00647. The average molecular weight is 425 g/mol. The lowest BCUT2D eigenvalue weighted by atomic mass is 10.0. The second-order valence-corrected chi connectivity index (χ2v) is 6.22. The van der Waals surface area contributed by atoms with Crippen LogP contribution in [0, 0.1) is 11.8 Å². The highest BCUT2D eigenvalue weighted by Crippen LogP contribution is 2.39. The number of nitrogens with one attached hydrogen (secondary N) is 1. The molecule has 14 heteroatoms. The van der Waals surface area contributed by atoms with Gasteiger partial charge < -0.3 is 10.4 Å². The summed E-state index contributed by atoms with van der Waals surface area (Å²) in [6.07, 6.45) is -13.7. The summed E-state index contributed by atoms with van der Waals surface area (Å²) >= 11 is 0. The van der Waals surface area contributed by atoms with Gasteiger partial charge in [0.2, 0.25) is 0 Å². The number of nitrogens with zero attached hydrogens (tertiary/aromatic N) is 2. The molecule has 0 aliphatic heterocycles. The molecule has 0 aliphatic rings. The second-order valence-electron chi connectivity index (χ2n) is 6.22. The van der Waals surface area contributed by atoms with Gasteiger partial charge in [0.05, 0.1) is 6.54 Å². The smallest absolute Gasteiger partial charge is 0.383 e. The van der Waals surface area contributed by atoms with Crippen LogP contribution < -0.4 is 5.32 Å². The average Bonchev–Trinajstić information content (AvgIpc) is 2.55. The molecule has 0 saturated heterocycles. The first kappa shape index (κ1) is 25.9. The van der Waals surface area contributed by atoms with Crippen molar-refractivity contribution in [2.45, 2.75) is 45.1 Å². The Hall–Kier alpha value is -2.09. The third-order valence-electron chi connectivity index (χ3n) is 3.54. The lowest BCUT2D eigenvalue weighted by molar-refractivity contribution is -0.284. The molecule has 0 heterocycles. The monoisotopic (exact) mass is 425 g/mol. The number of hydrogen-bond acceptors (Lipinski definition) is 5. The van der Waals surface area contributed by atoms with Crippen LogP contribution in [0.2, 0.25) is 0 Å². The Labute approximate surface area is 156 Å². The van der Waals surface area contributed by atoms with Gasteiger partial charge >= 0.3 is 24.4 Å². The van der Waals surface area contributed by atoms with Gasteiger partial charge in [-0.15, -0.1) is 5.06 Å². The Morgan fingerprint density at radius 2 is 1.46 bits per heavy atom. The number of hydroxylamine groups is 2. The fraction of sp³-hybridized carbons (Fsp3) is 0.786. The summed E-state index contributed by atoms with van der Waals surface area (Å²) in [6.45, 7) is 1.21. The first-order valence-corrected chi connectivity index (χ1v) is 7.91. The maximum absolute atomic E-state index is 12.7. The molecule has 0 radical (unpaired) electrons. The van der Waals surface area contributed by atoms with E-state index >= 15 is 0 Å². The fourth-order valence-corrected chi connectivity index (χ4v) is 1.92. The van der Waals surface area contributed by atoms with Gasteiger partial charge in [-0.1, -0.05) is 13.8 Å². The molecule has 5 amide bonds. The molecule has 8 nitrogen and oxygen atoms in total. The van der Waals surface area contributed by atoms with E-state index in [1.165, 1.54) is 0 Å². The van der Waals surface area contributed by atoms with Crippen LogP contribution in [0.1, 0.15) is 26.7 Å². The normalized spacial score (nSPS) is 13.5. The molecule has 0 rings (SSSR count). The number of amides is 5. The van der Waals surface area contributed by atoms with E-state index in [4.69, 9.17) is 0 Å². The van der Waals surface area contributed by atoms with Crippen molar-refractivity contribution in [3.8, 4) is 0 Å². The van der Waals surface area contributed by atoms with E-state index in [1.807, 2.05) is 0 Å². The van der Waals surface area contributed by atoms with Crippen molar-refractivity contribution in [2.75, 3.05) is 13.6 Å². The minimum Gasteiger partial charge on any atom is -0.383 e. The molecule has 0 spiro atoms. The van der Waals surface area contributed by atoms with Crippen LogP contribution in [-0.4, -0.2) is 70.3 Å². The molecule has 3 N–H and O–H groups in total. The van der Waals surface area contributed by atoms with Gasteiger partial charge in [0.1, 0.15) is 6.10 Å². The number of hydrogen-bond donors (Lipinski definition) is 3. The van der Waals surface area contributed by atoms with Crippen molar-refractivity contribution in [1.82, 2.24) is 15.3 Å². The van der Waals surface area contributed by atoms with Crippen LogP contribution in [0.4, 0.5) is 35.9 Å². The molecule has 0 saturated carbocycles. The zero-order valence-electron chi connectivity index (χ0n) is 15.1. The van der Waals surface area contributed by atoms with Gasteiger partial charge in [0.15, 0.2) is 5.92 Å². The van der Waals surface area contributed by atoms with Crippen molar-refractivity contribution in [1.29, 1.82) is 0 Å². The SMILES string of the molecule is CNC(=O)N(CC(C(F)(F)F)C(F)(F)F)C(=O)N(O)C(=O)[C@@H](O)CCC(C)C. The van der Waals surface area contributed by atoms with E-state index in [1.54, 1.807) is 19.2 Å². The van der Waals surface area contributed by atoms with E-state index in [2.05, 4.69) is 0 Å². The number of aliphatic hydroxyl groups is 1. The van der Waals surface area contributed by atoms with Crippen LogP contribution in [-0.2, 0) is 4.79 Å². The molecule has 0 aromatic heterocycles. The molecule has 0 aliphatic carbocycles. The van der Waals surface area contributed by atoms with E-state index < -0.39 is 58.9 Å². The number of aliphatic hydroxyl groups excluding tert-OH is 1. The highest BCUT2D eigenvalue weighted by Gasteiger charge is 2.58. The van der Waals surface area contributed by atoms with Crippen LogP contribution in [0.25, 0.3) is 0 Å². The number of rotatable bonds is 6. The lowest BCUT2D eigenvalue weighted by Gasteiger charge is -2.30. The number of halogens is 6. The van der Waals surface area contributed by atoms with E-state index in [0.29, 0.717) is 0 Å². The van der Waals surface area contributed by atoms with Gasteiger partial charge in [-0.25, -0.2) is 14.5 Å². The van der Waals surface area contributed by atoms with Crippen LogP contribution in [0.3, 0.4) is 0 Å². The summed E-state index contributed by atoms with van der Waals surface area (Å²) in [4.78, 5) is 34.8. The van der Waals surface area contributed by atoms with Gasteiger partial charge in [-0.05, 0) is 18.8 Å². The maximum atomic E-state index is 12.7. The van der Waals surface area contributed by atoms with Crippen molar-refractivity contribution >= 4 is 18.0 Å². The van der Waals surface area contributed by atoms with Gasteiger partial charge in [0, 0.05) is 7.05 Å². The van der Waals surface area contributed by atoms with E-state index in [-0.39, 0.29) is 18.8 Å². The van der Waals surface area contributed by atoms with Gasteiger partial charge in [-0.3, -0.25) is 10.0 Å². The summed E-state index contributed by atoms with van der Waals surface area (Å²) in [6, 6.07) is -3.90. The Balaban J connectivity index is 5.58. The quantitative estimate of drug-likeness (QED) is 0.344. The largest absolute Gasteiger partial charge is 0.402 e. The highest BCUT2D eigenvalue weighted by atomic mass is 19.4. The molecule has 1 atom stereocenters. The number of carbonyl (C=O) groups is 3. The third kappa shape index (κ3) is 7.50. The van der Waals surface area contributed by atoms with Crippen molar-refractivity contribution in [3.63, 3.8) is 0 Å². The summed E-state index contributed by atoms with van der Waals surface area (Å²) in [5, 5.41) is 19.9. The summed E-state index contributed by atoms with van der Waals surface area (Å²) in [5.41, 5.74) is 0. The zero-order valence-corrected chi connectivity index (χ0v) is 15.1. The first-order chi connectivity index (χ1) is 12.5. The molecule has 0 fully saturated rings. The lowest BCUT2D eigenvalue weighted by Crippen LogP contribution is -2.56. The Kier molecular flexibility index (Phi) is 9.17. The molecule has 28 heavy (non-hydrogen) atoms. The van der Waals surface area contributed by atoms with Crippen LogP contribution in [0.5, 0.6) is 0 Å². The summed E-state index contributed by atoms with van der Waals surface area (Å²) in [7, 11) is 0.805. The molecule has 0 unspecified atom stereocenters. The zero-order chi connectivity index (χ0) is 22.4. The van der Waals surface area contributed by atoms with Crippen molar-refractivity contribution in [3.05, 3.63) is 0 Å². The predicted molar refractivity (Wildman–Crippen MR) is 80.9 cm³/mol. The molecular weight excluding hydrogens is 404 g/mol. The minimum atomic E-state index is -5.87. The third-order valence-corrected chi connectivity index (χ3v) is 3.54. The number of alkyl halides is 6. The number of urea groups is 2. The molecule has 0 aromatic rings. The standard InChI is InChI=1S/C14H21F6N3O5/c1-7(2)4-5-8(24)10(25)23(28)12(27)22(11(26)21-3)6-9(13(15,16)17)14(18,19)20/h7-9,24,28H,4-6H2,1-3H3,(H,21,26)/t8-/m0/s1. The Morgan fingerprint density at radius 3 is 1.82 bits per heavy atom. The Morgan fingerprint density at radius 1 is 1.00 bits per heavy atom. The van der Waals surface area contributed by atoms with Crippen LogP contribution in [0.15, 0.2) is 0 Å². The first-order valence-electron chi connectivity index (χ1n) is 7.91. The topological polar surface area (TPSA) is 110 Å². The predicted octanol–water partition coefficient (Wildman–Crippen LogP) is 2.50. The van der Waals surface area contributed by atoms with E-state index in [0.717, 1.165) is 7.05 Å². The summed E-state index contributed by atoms with van der Waals surface area (Å²) in [5.74, 6) is -5.81. The molecule has 164 valence electrons. The maximum Gasteiger partial charge on any atom is 0.402 e. The van der Waals surface area contributed by atoms with Crippen LogP contribution >= 0.6 is 0 Å². The fourth-order valence-electron chi connectivity index (χ4n) is 1.92. The Bertz CT molecular complexity index is 553. The second kappa shape index (κ2) is 9.91. The molecular formula is C14H21F6N3O5. The highest BCUT2D eigenvalue weighted by molar-refractivity contribution is 6.01. The molecule has 0 bridgehead atoms. The molecule has 0 aromatic carbocycles.